The van der Waals surface area contributed by atoms with Gasteiger partial charge in [-0.15, -0.1) is 0 Å². The highest BCUT2D eigenvalue weighted by Crippen LogP contribution is 2.25. The molecular weight excluding hydrogens is 400 g/mol. The summed E-state index contributed by atoms with van der Waals surface area (Å²) >= 11 is 0. The van der Waals surface area contributed by atoms with Crippen molar-refractivity contribution in [1.82, 2.24) is 15.6 Å². The number of nitrogens with one attached hydrogen (secondary N) is 2. The first-order valence-corrected chi connectivity index (χ1v) is 10.3. The molecular formula is C23H25F2N5O. The van der Waals surface area contributed by atoms with Crippen molar-refractivity contribution in [3.63, 3.8) is 0 Å². The smallest absolute Gasteiger partial charge is 0.226 e. The Morgan fingerprint density at radius 1 is 1.16 bits per heavy atom. The van der Waals surface area contributed by atoms with Gasteiger partial charge in [-0.3, -0.25) is 4.99 Å². The van der Waals surface area contributed by atoms with E-state index in [2.05, 4.69) is 25.5 Å². The van der Waals surface area contributed by atoms with Gasteiger partial charge in [0.1, 0.15) is 6.26 Å². The maximum absolute atomic E-state index is 13.5. The predicted octanol–water partition coefficient (Wildman–Crippen LogP) is 3.81. The number of halogens is 2. The van der Waals surface area contributed by atoms with E-state index in [9.17, 15) is 8.78 Å². The lowest BCUT2D eigenvalue weighted by Gasteiger charge is -2.19. The summed E-state index contributed by atoms with van der Waals surface area (Å²) in [6.45, 7) is 2.80. The molecule has 2 aromatic carbocycles. The zero-order chi connectivity index (χ0) is 21.6. The summed E-state index contributed by atoms with van der Waals surface area (Å²) in [6.07, 6.45) is 2.60. The number of aliphatic imine (C=N–C) groups is 1. The van der Waals surface area contributed by atoms with Crippen LogP contribution in [-0.2, 0) is 6.54 Å². The van der Waals surface area contributed by atoms with Crippen molar-refractivity contribution in [1.29, 1.82) is 0 Å². The molecule has 3 aromatic rings. The van der Waals surface area contributed by atoms with E-state index < -0.39 is 11.6 Å². The quantitative estimate of drug-likeness (QED) is 0.464. The van der Waals surface area contributed by atoms with Crippen molar-refractivity contribution in [3.05, 3.63) is 72.1 Å². The highest BCUT2D eigenvalue weighted by Gasteiger charge is 2.23. The van der Waals surface area contributed by atoms with Gasteiger partial charge in [-0.1, -0.05) is 18.2 Å². The molecule has 162 valence electrons. The molecule has 1 saturated heterocycles. The van der Waals surface area contributed by atoms with Crippen molar-refractivity contribution < 1.29 is 13.2 Å². The average molecular weight is 425 g/mol. The fourth-order valence-electron chi connectivity index (χ4n) is 3.65. The van der Waals surface area contributed by atoms with Crippen LogP contribution in [0, 0.1) is 17.6 Å². The highest BCUT2D eigenvalue weighted by molar-refractivity contribution is 5.79. The van der Waals surface area contributed by atoms with Gasteiger partial charge in [0, 0.05) is 44.0 Å². The molecule has 1 atom stereocenters. The van der Waals surface area contributed by atoms with E-state index in [1.165, 1.54) is 12.1 Å². The van der Waals surface area contributed by atoms with Crippen molar-refractivity contribution >= 4 is 11.6 Å². The monoisotopic (exact) mass is 425 g/mol. The van der Waals surface area contributed by atoms with E-state index in [1.807, 2.05) is 30.3 Å². The third kappa shape index (κ3) is 5.20. The van der Waals surface area contributed by atoms with E-state index in [0.717, 1.165) is 37.3 Å². The molecule has 1 aromatic heterocycles. The first-order chi connectivity index (χ1) is 15.1. The van der Waals surface area contributed by atoms with E-state index in [-0.39, 0.29) is 0 Å². The van der Waals surface area contributed by atoms with Gasteiger partial charge in [0.15, 0.2) is 17.6 Å². The molecule has 0 saturated carbocycles. The molecule has 0 radical (unpaired) electrons. The lowest BCUT2D eigenvalue weighted by atomic mass is 10.1. The molecule has 0 aliphatic carbocycles. The second-order valence-electron chi connectivity index (χ2n) is 7.52. The molecule has 0 bridgehead atoms. The van der Waals surface area contributed by atoms with Crippen LogP contribution in [0.3, 0.4) is 0 Å². The van der Waals surface area contributed by atoms with Gasteiger partial charge in [0.2, 0.25) is 5.89 Å². The third-order valence-electron chi connectivity index (χ3n) is 5.35. The van der Waals surface area contributed by atoms with Crippen molar-refractivity contribution in [2.24, 2.45) is 10.9 Å². The van der Waals surface area contributed by atoms with Crippen LogP contribution >= 0.6 is 0 Å². The molecule has 0 spiro atoms. The molecule has 6 nitrogen and oxygen atoms in total. The minimum absolute atomic E-state index is 0.378. The topological polar surface area (TPSA) is 65.7 Å². The summed E-state index contributed by atoms with van der Waals surface area (Å²) < 4.78 is 32.2. The van der Waals surface area contributed by atoms with Crippen LogP contribution in [0.25, 0.3) is 11.5 Å². The number of aromatic nitrogens is 1. The molecule has 2 heterocycles. The number of oxazole rings is 1. The van der Waals surface area contributed by atoms with E-state index in [4.69, 9.17) is 4.42 Å². The summed E-state index contributed by atoms with van der Waals surface area (Å²) in [5.41, 5.74) is 2.43. The number of guanidine groups is 1. The van der Waals surface area contributed by atoms with Gasteiger partial charge < -0.3 is 20.0 Å². The molecule has 2 N–H and O–H groups in total. The van der Waals surface area contributed by atoms with Gasteiger partial charge in [0.25, 0.3) is 0 Å². The van der Waals surface area contributed by atoms with Gasteiger partial charge in [0.05, 0.1) is 12.2 Å². The Kier molecular flexibility index (Phi) is 6.45. The summed E-state index contributed by atoms with van der Waals surface area (Å²) in [5, 5.41) is 6.57. The number of benzene rings is 2. The van der Waals surface area contributed by atoms with E-state index in [0.29, 0.717) is 30.0 Å². The Balaban J connectivity index is 1.25. The molecule has 1 fully saturated rings. The lowest BCUT2D eigenvalue weighted by molar-refractivity contribution is 0.508. The van der Waals surface area contributed by atoms with E-state index in [1.54, 1.807) is 19.4 Å². The normalized spacial score (nSPS) is 16.5. The SMILES string of the molecule is CN=C(NCc1coc(-c2ccccc2)n1)NCC1CCN(c2ccc(F)c(F)c2)C1. The molecule has 31 heavy (non-hydrogen) atoms. The maximum Gasteiger partial charge on any atom is 0.226 e. The molecule has 4 rings (SSSR count). The Labute approximate surface area is 180 Å². The van der Waals surface area contributed by atoms with Crippen molar-refractivity contribution in [2.75, 3.05) is 31.6 Å². The Bertz CT molecular complexity index is 1040. The van der Waals surface area contributed by atoms with Crippen molar-refractivity contribution in [2.45, 2.75) is 13.0 Å². The zero-order valence-electron chi connectivity index (χ0n) is 17.3. The number of anilines is 1. The second kappa shape index (κ2) is 9.59. The van der Waals surface area contributed by atoms with Crippen LogP contribution in [0.2, 0.25) is 0 Å². The first-order valence-electron chi connectivity index (χ1n) is 10.3. The minimum atomic E-state index is -0.820. The van der Waals surface area contributed by atoms with Crippen LogP contribution in [0.1, 0.15) is 12.1 Å². The van der Waals surface area contributed by atoms with Crippen LogP contribution in [0.4, 0.5) is 14.5 Å². The van der Waals surface area contributed by atoms with Crippen molar-refractivity contribution in [3.8, 4) is 11.5 Å². The first kappa shape index (κ1) is 20.8. The zero-order valence-corrected chi connectivity index (χ0v) is 17.3. The van der Waals surface area contributed by atoms with Gasteiger partial charge in [-0.2, -0.15) is 0 Å². The fourth-order valence-corrected chi connectivity index (χ4v) is 3.65. The Morgan fingerprint density at radius 3 is 2.77 bits per heavy atom. The molecule has 1 aliphatic rings. The van der Waals surface area contributed by atoms with Crippen LogP contribution in [0.15, 0.2) is 64.2 Å². The largest absolute Gasteiger partial charge is 0.444 e. The van der Waals surface area contributed by atoms with E-state index >= 15 is 0 Å². The average Bonchev–Trinajstić information content (AvgIpc) is 3.46. The summed E-state index contributed by atoms with van der Waals surface area (Å²) in [6, 6.07) is 13.8. The second-order valence-corrected chi connectivity index (χ2v) is 7.52. The maximum atomic E-state index is 13.5. The number of hydrogen-bond donors (Lipinski definition) is 2. The predicted molar refractivity (Wildman–Crippen MR) is 117 cm³/mol. The molecule has 8 heteroatoms. The molecule has 1 aliphatic heterocycles. The van der Waals surface area contributed by atoms with Crippen LogP contribution in [-0.4, -0.2) is 37.6 Å². The minimum Gasteiger partial charge on any atom is -0.444 e. The summed E-state index contributed by atoms with van der Waals surface area (Å²) in [5.74, 6) is 0.00792. The van der Waals surface area contributed by atoms with Crippen LogP contribution in [0.5, 0.6) is 0 Å². The standard InChI is InChI=1S/C23H25F2N5O/c1-26-23(28-13-18-15-31-22(29-18)17-5-3-2-4-6-17)27-12-16-9-10-30(14-16)19-7-8-20(24)21(25)11-19/h2-8,11,15-16H,9-10,12-14H2,1H3,(H2,26,27,28). The number of hydrogen-bond acceptors (Lipinski definition) is 4. The summed E-state index contributed by atoms with van der Waals surface area (Å²) in [7, 11) is 1.72. The van der Waals surface area contributed by atoms with Gasteiger partial charge >= 0.3 is 0 Å². The third-order valence-corrected chi connectivity index (χ3v) is 5.35. The van der Waals surface area contributed by atoms with Gasteiger partial charge in [-0.25, -0.2) is 13.8 Å². The Morgan fingerprint density at radius 2 is 2.00 bits per heavy atom. The van der Waals surface area contributed by atoms with Crippen LogP contribution < -0.4 is 15.5 Å². The number of rotatable bonds is 6. The number of nitrogens with zero attached hydrogens (tertiary/aromatic N) is 3. The fraction of sp³-hybridized carbons (Fsp3) is 0.304. The van der Waals surface area contributed by atoms with Gasteiger partial charge in [-0.05, 0) is 36.6 Å². The lowest BCUT2D eigenvalue weighted by Crippen LogP contribution is -2.40. The summed E-state index contributed by atoms with van der Waals surface area (Å²) in [4.78, 5) is 10.8. The Hall–Kier alpha value is -3.42. The highest BCUT2D eigenvalue weighted by atomic mass is 19.2. The molecule has 0 amide bonds. The molecule has 1 unspecified atom stereocenters.